The van der Waals surface area contributed by atoms with E-state index in [1.165, 1.54) is 12.1 Å². The summed E-state index contributed by atoms with van der Waals surface area (Å²) < 4.78 is 12.8. The van der Waals surface area contributed by atoms with Gasteiger partial charge in [-0.15, -0.1) is 0 Å². The van der Waals surface area contributed by atoms with Crippen molar-refractivity contribution in [1.82, 2.24) is 4.90 Å². The summed E-state index contributed by atoms with van der Waals surface area (Å²) in [5.74, 6) is -0.0349. The number of amides is 1. The Bertz CT molecular complexity index is 496. The monoisotopic (exact) mass is 262 g/mol. The van der Waals surface area contributed by atoms with E-state index in [4.69, 9.17) is 5.53 Å². The van der Waals surface area contributed by atoms with E-state index in [-0.39, 0.29) is 17.6 Å². The smallest absolute Gasteiger partial charge is 0.222 e. The van der Waals surface area contributed by atoms with Gasteiger partial charge < -0.3 is 4.90 Å². The molecule has 1 aliphatic rings. The molecule has 0 aliphatic carbocycles. The molecule has 1 unspecified atom stereocenters. The zero-order valence-corrected chi connectivity index (χ0v) is 10.5. The highest BCUT2D eigenvalue weighted by atomic mass is 19.1. The number of carbonyl (C=O) groups is 1. The van der Waals surface area contributed by atoms with Crippen molar-refractivity contribution in [3.8, 4) is 0 Å². The molecule has 19 heavy (non-hydrogen) atoms. The van der Waals surface area contributed by atoms with Crippen LogP contribution in [-0.4, -0.2) is 30.4 Å². The second-order valence-electron chi connectivity index (χ2n) is 4.70. The molecule has 1 aromatic rings. The lowest BCUT2D eigenvalue weighted by atomic mass is 10.1. The van der Waals surface area contributed by atoms with Crippen LogP contribution in [-0.2, 0) is 11.2 Å². The maximum Gasteiger partial charge on any atom is 0.222 e. The van der Waals surface area contributed by atoms with Crippen LogP contribution in [0.4, 0.5) is 4.39 Å². The van der Waals surface area contributed by atoms with Gasteiger partial charge in [0.1, 0.15) is 5.82 Å². The van der Waals surface area contributed by atoms with Crippen molar-refractivity contribution in [2.75, 3.05) is 19.6 Å². The number of hydrogen-bond donors (Lipinski definition) is 0. The van der Waals surface area contributed by atoms with E-state index in [0.717, 1.165) is 5.56 Å². The van der Waals surface area contributed by atoms with Gasteiger partial charge in [0.2, 0.25) is 5.91 Å². The summed E-state index contributed by atoms with van der Waals surface area (Å²) in [6.07, 6.45) is 1.16. The Morgan fingerprint density at radius 1 is 1.42 bits per heavy atom. The molecule has 0 N–H and O–H groups in total. The minimum Gasteiger partial charge on any atom is -0.342 e. The summed E-state index contributed by atoms with van der Waals surface area (Å²) in [6, 6.07) is 6.30. The number of hydrogen-bond acceptors (Lipinski definition) is 2. The Balaban J connectivity index is 1.84. The van der Waals surface area contributed by atoms with Crippen LogP contribution in [0, 0.1) is 11.7 Å². The first-order valence-corrected chi connectivity index (χ1v) is 6.22. The molecule has 1 atom stereocenters. The lowest BCUT2D eigenvalue weighted by Crippen LogP contribution is -2.27. The van der Waals surface area contributed by atoms with Gasteiger partial charge in [-0.2, -0.15) is 0 Å². The molecule has 6 heteroatoms. The van der Waals surface area contributed by atoms with Crippen molar-refractivity contribution >= 4 is 5.91 Å². The third-order valence-electron chi connectivity index (χ3n) is 3.28. The SMILES string of the molecule is [N-]=[N+]=NCC1CC(=O)N(CCc2ccc(F)cc2)C1. The molecular formula is C13H15FN4O. The van der Waals surface area contributed by atoms with Gasteiger partial charge in [-0.05, 0) is 35.6 Å². The average Bonchev–Trinajstić information content (AvgIpc) is 2.76. The number of nitrogens with zero attached hydrogens (tertiary/aromatic N) is 4. The highest BCUT2D eigenvalue weighted by Gasteiger charge is 2.28. The summed E-state index contributed by atoms with van der Waals surface area (Å²) in [7, 11) is 0. The Morgan fingerprint density at radius 2 is 2.16 bits per heavy atom. The molecule has 1 aromatic carbocycles. The van der Waals surface area contributed by atoms with Gasteiger partial charge >= 0.3 is 0 Å². The van der Waals surface area contributed by atoms with Gasteiger partial charge in [-0.3, -0.25) is 4.79 Å². The maximum absolute atomic E-state index is 12.8. The third-order valence-corrected chi connectivity index (χ3v) is 3.28. The summed E-state index contributed by atoms with van der Waals surface area (Å²) in [5, 5.41) is 3.51. The third kappa shape index (κ3) is 3.69. The molecule has 0 bridgehead atoms. The van der Waals surface area contributed by atoms with Gasteiger partial charge in [-0.1, -0.05) is 17.2 Å². The number of carbonyl (C=O) groups excluding carboxylic acids is 1. The van der Waals surface area contributed by atoms with Gasteiger partial charge in [-0.25, -0.2) is 4.39 Å². The van der Waals surface area contributed by atoms with Crippen molar-refractivity contribution in [1.29, 1.82) is 0 Å². The minimum atomic E-state index is -0.254. The fourth-order valence-electron chi connectivity index (χ4n) is 2.26. The first-order chi connectivity index (χ1) is 9.19. The maximum atomic E-state index is 12.8. The normalized spacial score (nSPS) is 18.5. The van der Waals surface area contributed by atoms with Crippen LogP contribution >= 0.6 is 0 Å². The Kier molecular flexibility index (Phi) is 4.36. The van der Waals surface area contributed by atoms with Crippen molar-refractivity contribution < 1.29 is 9.18 Å². The number of likely N-dealkylation sites (tertiary alicyclic amines) is 1. The van der Waals surface area contributed by atoms with Crippen LogP contribution in [0.25, 0.3) is 10.4 Å². The van der Waals surface area contributed by atoms with Crippen molar-refractivity contribution in [2.24, 2.45) is 11.0 Å². The van der Waals surface area contributed by atoms with E-state index in [1.54, 1.807) is 17.0 Å². The molecule has 1 saturated heterocycles. The first kappa shape index (κ1) is 13.4. The zero-order chi connectivity index (χ0) is 13.7. The Hall–Kier alpha value is -2.07. The largest absolute Gasteiger partial charge is 0.342 e. The Morgan fingerprint density at radius 3 is 2.84 bits per heavy atom. The number of rotatable bonds is 5. The molecule has 1 heterocycles. The van der Waals surface area contributed by atoms with Crippen LogP contribution in [0.5, 0.6) is 0 Å². The molecule has 0 saturated carbocycles. The fourth-order valence-corrected chi connectivity index (χ4v) is 2.26. The first-order valence-electron chi connectivity index (χ1n) is 6.22. The topological polar surface area (TPSA) is 69.1 Å². The van der Waals surface area contributed by atoms with Crippen molar-refractivity contribution in [2.45, 2.75) is 12.8 Å². The van der Waals surface area contributed by atoms with Crippen molar-refractivity contribution in [3.63, 3.8) is 0 Å². The van der Waals surface area contributed by atoms with Gasteiger partial charge in [0.25, 0.3) is 0 Å². The van der Waals surface area contributed by atoms with E-state index in [1.807, 2.05) is 0 Å². The molecule has 0 aromatic heterocycles. The summed E-state index contributed by atoms with van der Waals surface area (Å²) in [5.41, 5.74) is 9.27. The molecule has 100 valence electrons. The van der Waals surface area contributed by atoms with Gasteiger partial charge in [0.15, 0.2) is 0 Å². The quantitative estimate of drug-likeness (QED) is 0.456. The molecule has 2 rings (SSSR count). The van der Waals surface area contributed by atoms with Gasteiger partial charge in [0, 0.05) is 31.0 Å². The highest BCUT2D eigenvalue weighted by molar-refractivity contribution is 5.78. The number of benzene rings is 1. The van der Waals surface area contributed by atoms with E-state index < -0.39 is 0 Å². The molecule has 0 spiro atoms. The van der Waals surface area contributed by atoms with Crippen LogP contribution in [0.2, 0.25) is 0 Å². The second kappa shape index (κ2) is 6.20. The van der Waals surface area contributed by atoms with Crippen LogP contribution in [0.1, 0.15) is 12.0 Å². The molecule has 5 nitrogen and oxygen atoms in total. The number of azide groups is 1. The fraction of sp³-hybridized carbons (Fsp3) is 0.462. The molecular weight excluding hydrogens is 247 g/mol. The molecule has 1 fully saturated rings. The molecule has 1 aliphatic heterocycles. The van der Waals surface area contributed by atoms with Crippen molar-refractivity contribution in [3.05, 3.63) is 46.1 Å². The molecule has 1 amide bonds. The van der Waals surface area contributed by atoms with Gasteiger partial charge in [0.05, 0.1) is 0 Å². The minimum absolute atomic E-state index is 0.0975. The highest BCUT2D eigenvalue weighted by Crippen LogP contribution is 2.18. The van der Waals surface area contributed by atoms with Crippen LogP contribution in [0.3, 0.4) is 0 Å². The lowest BCUT2D eigenvalue weighted by Gasteiger charge is -2.16. The summed E-state index contributed by atoms with van der Waals surface area (Å²) in [6.45, 7) is 1.63. The average molecular weight is 262 g/mol. The summed E-state index contributed by atoms with van der Waals surface area (Å²) >= 11 is 0. The van der Waals surface area contributed by atoms with E-state index in [0.29, 0.717) is 32.5 Å². The summed E-state index contributed by atoms with van der Waals surface area (Å²) in [4.78, 5) is 16.2. The lowest BCUT2D eigenvalue weighted by molar-refractivity contribution is -0.127. The van der Waals surface area contributed by atoms with Crippen LogP contribution < -0.4 is 0 Å². The van der Waals surface area contributed by atoms with E-state index in [2.05, 4.69) is 10.0 Å². The standard InChI is InChI=1S/C13H15FN4O/c14-12-3-1-10(2-4-12)5-6-18-9-11(7-13(18)19)8-16-17-15/h1-4,11H,5-9H2. The second-order valence-corrected chi connectivity index (χ2v) is 4.70. The molecule has 0 radical (unpaired) electrons. The van der Waals surface area contributed by atoms with E-state index in [9.17, 15) is 9.18 Å². The predicted molar refractivity (Wildman–Crippen MR) is 68.8 cm³/mol. The Labute approximate surface area is 110 Å². The van der Waals surface area contributed by atoms with E-state index >= 15 is 0 Å². The zero-order valence-electron chi connectivity index (χ0n) is 10.5. The van der Waals surface area contributed by atoms with Crippen LogP contribution in [0.15, 0.2) is 29.4 Å². The predicted octanol–water partition coefficient (Wildman–Crippen LogP) is 2.53. The number of halogens is 1.